The maximum atomic E-state index is 12.7. The predicted octanol–water partition coefficient (Wildman–Crippen LogP) is 4.02. The number of hydrogen-bond acceptors (Lipinski definition) is 5. The first-order valence-electron chi connectivity index (χ1n) is 14.3. The number of amides is 1. The van der Waals surface area contributed by atoms with Crippen LogP contribution in [0.2, 0.25) is 0 Å². The van der Waals surface area contributed by atoms with E-state index in [2.05, 4.69) is 20.8 Å². The topological polar surface area (TPSA) is 87.1 Å². The molecule has 0 aromatic heterocycles. The molecule has 1 heterocycles. The van der Waals surface area contributed by atoms with Crippen LogP contribution in [-0.4, -0.2) is 59.4 Å². The summed E-state index contributed by atoms with van der Waals surface area (Å²) in [6, 6.07) is 0. The van der Waals surface area contributed by atoms with Crippen LogP contribution in [-0.2, 0) is 14.3 Å². The SMILES string of the molecule is COC(=O)C1CN(C(=O)CCC(C)C2CCC3C4C(CC[C@]23C)[C@@]2(C)CC[C@@H](O)C[C@H]2C[C@@H]4O)C1. The van der Waals surface area contributed by atoms with Gasteiger partial charge in [0, 0.05) is 19.5 Å². The van der Waals surface area contributed by atoms with Crippen LogP contribution in [0.15, 0.2) is 0 Å². The Hall–Kier alpha value is -1.14. The van der Waals surface area contributed by atoms with Crippen molar-refractivity contribution in [1.82, 2.24) is 4.90 Å². The Labute approximate surface area is 211 Å². The first-order chi connectivity index (χ1) is 16.6. The highest BCUT2D eigenvalue weighted by Crippen LogP contribution is 2.68. The number of nitrogens with zero attached hydrogens (tertiary/aromatic N) is 1. The lowest BCUT2D eigenvalue weighted by Gasteiger charge is -2.62. The fourth-order valence-corrected chi connectivity index (χ4v) is 9.88. The third kappa shape index (κ3) is 4.15. The Morgan fingerprint density at radius 2 is 1.69 bits per heavy atom. The minimum atomic E-state index is -0.238. The number of likely N-dealkylation sites (tertiary alicyclic amines) is 1. The van der Waals surface area contributed by atoms with Crippen molar-refractivity contribution in [3.05, 3.63) is 0 Å². The zero-order valence-corrected chi connectivity index (χ0v) is 22.2. The summed E-state index contributed by atoms with van der Waals surface area (Å²) in [7, 11) is 1.40. The number of ether oxygens (including phenoxy) is 1. The van der Waals surface area contributed by atoms with Crippen molar-refractivity contribution in [2.75, 3.05) is 20.2 Å². The summed E-state index contributed by atoms with van der Waals surface area (Å²) >= 11 is 0. The van der Waals surface area contributed by atoms with Gasteiger partial charge < -0.3 is 19.8 Å². The number of aliphatic hydroxyl groups excluding tert-OH is 2. The molecule has 198 valence electrons. The summed E-state index contributed by atoms with van der Waals surface area (Å²) in [6.07, 6.45) is 9.61. The van der Waals surface area contributed by atoms with E-state index >= 15 is 0 Å². The van der Waals surface area contributed by atoms with Crippen LogP contribution in [0.25, 0.3) is 0 Å². The second kappa shape index (κ2) is 9.31. The summed E-state index contributed by atoms with van der Waals surface area (Å²) in [5.41, 5.74) is 0.509. The van der Waals surface area contributed by atoms with Gasteiger partial charge in [-0.15, -0.1) is 0 Å². The molecular formula is C29H47NO5. The van der Waals surface area contributed by atoms with E-state index in [1.165, 1.54) is 32.8 Å². The van der Waals surface area contributed by atoms with Gasteiger partial charge in [0.25, 0.3) is 0 Å². The molecule has 0 aromatic carbocycles. The largest absolute Gasteiger partial charge is 0.469 e. The molecule has 1 amide bonds. The number of fused-ring (bicyclic) bond motifs is 5. The van der Waals surface area contributed by atoms with E-state index in [0.717, 1.165) is 32.1 Å². The Bertz CT molecular complexity index is 826. The van der Waals surface area contributed by atoms with E-state index in [1.54, 1.807) is 4.90 Å². The van der Waals surface area contributed by atoms with Gasteiger partial charge in [0.1, 0.15) is 0 Å². The molecule has 6 heteroatoms. The highest BCUT2D eigenvalue weighted by atomic mass is 16.5. The van der Waals surface area contributed by atoms with Gasteiger partial charge >= 0.3 is 5.97 Å². The monoisotopic (exact) mass is 489 g/mol. The lowest BCUT2D eigenvalue weighted by atomic mass is 9.43. The van der Waals surface area contributed by atoms with Gasteiger partial charge in [-0.2, -0.15) is 0 Å². The second-order valence-electron chi connectivity index (χ2n) is 13.5. The van der Waals surface area contributed by atoms with Gasteiger partial charge in [-0.3, -0.25) is 9.59 Å². The first-order valence-corrected chi connectivity index (χ1v) is 14.3. The Balaban J connectivity index is 1.21. The van der Waals surface area contributed by atoms with E-state index < -0.39 is 0 Å². The Morgan fingerprint density at radius 1 is 1.00 bits per heavy atom. The minimum Gasteiger partial charge on any atom is -0.469 e. The number of carbonyl (C=O) groups is 2. The summed E-state index contributed by atoms with van der Waals surface area (Å²) in [4.78, 5) is 26.1. The molecule has 35 heavy (non-hydrogen) atoms. The van der Waals surface area contributed by atoms with Gasteiger partial charge in [-0.1, -0.05) is 20.8 Å². The van der Waals surface area contributed by atoms with E-state index in [9.17, 15) is 19.8 Å². The molecule has 4 saturated carbocycles. The Kier molecular flexibility index (Phi) is 6.78. The van der Waals surface area contributed by atoms with Crippen molar-refractivity contribution in [3.63, 3.8) is 0 Å². The van der Waals surface area contributed by atoms with Crippen LogP contribution in [0, 0.1) is 52.3 Å². The van der Waals surface area contributed by atoms with E-state index in [4.69, 9.17) is 4.74 Å². The molecule has 6 nitrogen and oxygen atoms in total. The van der Waals surface area contributed by atoms with E-state index in [1.807, 2.05) is 0 Å². The van der Waals surface area contributed by atoms with Gasteiger partial charge in [-0.05, 0) is 104 Å². The van der Waals surface area contributed by atoms with Crippen LogP contribution in [0.4, 0.5) is 0 Å². The fourth-order valence-electron chi connectivity index (χ4n) is 9.88. The van der Waals surface area contributed by atoms with Crippen LogP contribution in [0.1, 0.15) is 85.0 Å². The van der Waals surface area contributed by atoms with Crippen LogP contribution < -0.4 is 0 Å². The lowest BCUT2D eigenvalue weighted by molar-refractivity contribution is -0.174. The third-order valence-electron chi connectivity index (χ3n) is 12.0. The van der Waals surface area contributed by atoms with Crippen molar-refractivity contribution in [2.45, 2.75) is 97.2 Å². The maximum absolute atomic E-state index is 12.7. The van der Waals surface area contributed by atoms with E-state index in [0.29, 0.717) is 55.0 Å². The molecule has 10 atom stereocenters. The molecule has 2 N–H and O–H groups in total. The fraction of sp³-hybridized carbons (Fsp3) is 0.931. The molecular weight excluding hydrogens is 442 g/mol. The predicted molar refractivity (Wildman–Crippen MR) is 133 cm³/mol. The van der Waals surface area contributed by atoms with Crippen molar-refractivity contribution < 1.29 is 24.5 Å². The molecule has 0 radical (unpaired) electrons. The number of aliphatic hydroxyl groups is 2. The van der Waals surface area contributed by atoms with Gasteiger partial charge in [-0.25, -0.2) is 0 Å². The molecule has 5 fully saturated rings. The minimum absolute atomic E-state index is 0.151. The average molecular weight is 490 g/mol. The number of carbonyl (C=O) groups excluding carboxylic acids is 2. The zero-order chi connectivity index (χ0) is 25.1. The molecule has 5 rings (SSSR count). The normalized spacial score (nSPS) is 46.1. The molecule has 5 aliphatic rings. The molecule has 0 aromatic rings. The average Bonchev–Trinajstić information content (AvgIpc) is 3.14. The summed E-state index contributed by atoms with van der Waals surface area (Å²) < 4.78 is 4.79. The molecule has 0 spiro atoms. The lowest BCUT2D eigenvalue weighted by Crippen LogP contribution is -2.58. The highest BCUT2D eigenvalue weighted by Gasteiger charge is 2.62. The quantitative estimate of drug-likeness (QED) is 0.570. The number of esters is 1. The second-order valence-corrected chi connectivity index (χ2v) is 13.5. The number of rotatable bonds is 5. The smallest absolute Gasteiger partial charge is 0.312 e. The highest BCUT2D eigenvalue weighted by molar-refractivity contribution is 5.81. The van der Waals surface area contributed by atoms with Crippen molar-refractivity contribution in [1.29, 1.82) is 0 Å². The zero-order valence-electron chi connectivity index (χ0n) is 22.2. The van der Waals surface area contributed by atoms with Crippen LogP contribution >= 0.6 is 0 Å². The standard InChI is InChI=1S/C29H47NO5/c1-17(5-8-25(33)30-15-18(16-30)27(34)35-4)21-6-7-22-26-23(10-12-29(21,22)3)28(2)11-9-20(31)13-19(28)14-24(26)32/h17-24,26,31-32H,5-16H2,1-4H3/t17?,19-,20+,21?,22?,23?,24-,26?,28-,29+/m0/s1. The summed E-state index contributed by atoms with van der Waals surface area (Å²) in [5, 5.41) is 21.7. The van der Waals surface area contributed by atoms with Crippen LogP contribution in [0.5, 0.6) is 0 Å². The van der Waals surface area contributed by atoms with Gasteiger partial charge in [0.05, 0.1) is 25.2 Å². The van der Waals surface area contributed by atoms with E-state index in [-0.39, 0.29) is 40.8 Å². The van der Waals surface area contributed by atoms with Crippen LogP contribution in [0.3, 0.4) is 0 Å². The third-order valence-corrected chi connectivity index (χ3v) is 12.0. The molecule has 1 aliphatic heterocycles. The molecule has 4 aliphatic carbocycles. The summed E-state index contributed by atoms with van der Waals surface area (Å²) in [6.45, 7) is 8.30. The van der Waals surface area contributed by atoms with Gasteiger partial charge in [0.15, 0.2) is 0 Å². The van der Waals surface area contributed by atoms with Gasteiger partial charge in [0.2, 0.25) is 5.91 Å². The van der Waals surface area contributed by atoms with Crippen molar-refractivity contribution in [3.8, 4) is 0 Å². The molecule has 0 bridgehead atoms. The maximum Gasteiger partial charge on any atom is 0.312 e. The van der Waals surface area contributed by atoms with Crippen molar-refractivity contribution >= 4 is 11.9 Å². The summed E-state index contributed by atoms with van der Waals surface area (Å²) in [5.74, 6) is 2.88. The van der Waals surface area contributed by atoms with Crippen molar-refractivity contribution in [2.24, 2.45) is 52.3 Å². The first kappa shape index (κ1) is 25.5. The molecule has 5 unspecified atom stereocenters. The number of methoxy groups -OCH3 is 1. The molecule has 1 saturated heterocycles. The Morgan fingerprint density at radius 3 is 2.40 bits per heavy atom. The number of hydrogen-bond donors (Lipinski definition) is 2.